The zero-order valence-electron chi connectivity index (χ0n) is 30.0. The van der Waals surface area contributed by atoms with E-state index in [1.807, 2.05) is 79.4 Å². The fraction of sp³-hybridized carbons (Fsp3) is 0. The number of benzene rings is 2. The molecule has 57 heavy (non-hydrogen) atoms. The van der Waals surface area contributed by atoms with Crippen molar-refractivity contribution in [3.8, 4) is 89.2 Å². The molecule has 0 saturated heterocycles. The van der Waals surface area contributed by atoms with Crippen LogP contribution in [-0.2, 0) is 0 Å². The Hall–Kier alpha value is -4.26. The molecule has 0 spiro atoms. The van der Waals surface area contributed by atoms with Crippen LogP contribution < -0.4 is 0 Å². The molecule has 0 radical (unpaired) electrons. The van der Waals surface area contributed by atoms with Gasteiger partial charge in [-0.05, 0) is 119 Å². The van der Waals surface area contributed by atoms with Crippen molar-refractivity contribution in [2.24, 2.45) is 0 Å². The minimum Gasteiger partial charge on any atom is -0.143 e. The highest BCUT2D eigenvalue weighted by Gasteiger charge is 2.14. The lowest BCUT2D eigenvalue weighted by Crippen LogP contribution is -1.67. The van der Waals surface area contributed by atoms with Crippen LogP contribution in [0.5, 0.6) is 0 Å². The van der Waals surface area contributed by atoms with E-state index in [-0.39, 0.29) is 0 Å². The van der Waals surface area contributed by atoms with E-state index < -0.39 is 0 Å². The molecule has 276 valence electrons. The zero-order chi connectivity index (χ0) is 38.0. The summed E-state index contributed by atoms with van der Waals surface area (Å²) in [6.45, 7) is 0. The molecule has 0 aliphatic heterocycles. The first-order chi connectivity index (χ1) is 28.2. The average molecular weight is 895 g/mol. The van der Waals surface area contributed by atoms with Crippen LogP contribution in [0.3, 0.4) is 0 Å². The quantitative estimate of drug-likeness (QED) is 0.135. The molecule has 0 atom stereocenters. The molecule has 0 aliphatic rings. The van der Waals surface area contributed by atoms with Crippen molar-refractivity contribution in [2.75, 3.05) is 0 Å². The summed E-state index contributed by atoms with van der Waals surface area (Å²) in [6.07, 6.45) is 0. The molecule has 0 N–H and O–H groups in total. The van der Waals surface area contributed by atoms with E-state index in [0.717, 1.165) is 0 Å². The van der Waals surface area contributed by atoms with E-state index in [2.05, 4.69) is 181 Å². The Bertz CT molecular complexity index is 2950. The minimum absolute atomic E-state index is 1.29. The molecule has 11 rings (SSSR count). The SMILES string of the molecule is c1ccc(-c2ccc(-c3ccc(-c4ccc(-c5ccc(-c6cccs6)s5)s4)s3)s2)cc1.c1ccc(-c2ccc(-c3ccc(-c4ccc(-c5cccs5)s4)s3)s2)cc1. The number of thiophene rings is 9. The second-order valence-corrected chi connectivity index (χ2v) is 22.3. The summed E-state index contributed by atoms with van der Waals surface area (Å²) in [7, 11) is 0. The molecule has 0 aliphatic carbocycles. The predicted octanol–water partition coefficient (Wildman–Crippen LogP) is 18.9. The zero-order valence-corrected chi connectivity index (χ0v) is 37.3. The van der Waals surface area contributed by atoms with Crippen LogP contribution in [0.1, 0.15) is 0 Å². The van der Waals surface area contributed by atoms with Crippen LogP contribution >= 0.6 is 102 Å². The molecule has 2 aromatic carbocycles. The first-order valence-corrected chi connectivity index (χ1v) is 25.6. The third kappa shape index (κ3) is 8.23. The molecule has 0 unspecified atom stereocenters. The van der Waals surface area contributed by atoms with E-state index in [1.165, 1.54) is 89.2 Å². The Morgan fingerprint density at radius 1 is 0.175 bits per heavy atom. The molecule has 0 amide bonds. The van der Waals surface area contributed by atoms with E-state index >= 15 is 0 Å². The van der Waals surface area contributed by atoms with Crippen molar-refractivity contribution in [3.63, 3.8) is 0 Å². The topological polar surface area (TPSA) is 0 Å². The Morgan fingerprint density at radius 3 is 0.649 bits per heavy atom. The highest BCUT2D eigenvalue weighted by molar-refractivity contribution is 7.30. The lowest BCUT2D eigenvalue weighted by molar-refractivity contribution is 1.70. The monoisotopic (exact) mass is 894 g/mol. The van der Waals surface area contributed by atoms with Crippen molar-refractivity contribution < 1.29 is 0 Å². The second-order valence-electron chi connectivity index (χ2n) is 12.8. The van der Waals surface area contributed by atoms with Gasteiger partial charge in [0.25, 0.3) is 0 Å². The maximum Gasteiger partial charge on any atom is 0.0449 e. The minimum atomic E-state index is 1.29. The van der Waals surface area contributed by atoms with Crippen LogP contribution in [-0.4, -0.2) is 0 Å². The third-order valence-electron chi connectivity index (χ3n) is 9.10. The van der Waals surface area contributed by atoms with Gasteiger partial charge in [0.2, 0.25) is 0 Å². The van der Waals surface area contributed by atoms with Gasteiger partial charge < -0.3 is 0 Å². The van der Waals surface area contributed by atoms with Gasteiger partial charge in [0.05, 0.1) is 0 Å². The molecule has 0 nitrogen and oxygen atoms in total. The molecular weight excluding hydrogens is 865 g/mol. The number of hydrogen-bond donors (Lipinski definition) is 0. The molecule has 9 aromatic heterocycles. The second kappa shape index (κ2) is 16.9. The van der Waals surface area contributed by atoms with Gasteiger partial charge in [-0.25, -0.2) is 0 Å². The van der Waals surface area contributed by atoms with Gasteiger partial charge >= 0.3 is 0 Å². The maximum absolute atomic E-state index is 2.27. The average Bonchev–Trinajstić information content (AvgIpc) is 4.11. The van der Waals surface area contributed by atoms with Crippen LogP contribution in [0.2, 0.25) is 0 Å². The van der Waals surface area contributed by atoms with E-state index in [0.29, 0.717) is 0 Å². The highest BCUT2D eigenvalue weighted by Crippen LogP contribution is 2.46. The van der Waals surface area contributed by atoms with Crippen LogP contribution in [0.4, 0.5) is 0 Å². The largest absolute Gasteiger partial charge is 0.143 e. The summed E-state index contributed by atoms with van der Waals surface area (Å²) >= 11 is 16.8. The summed E-state index contributed by atoms with van der Waals surface area (Å²) in [6, 6.07) is 61.4. The van der Waals surface area contributed by atoms with Crippen molar-refractivity contribution in [2.45, 2.75) is 0 Å². The van der Waals surface area contributed by atoms with Gasteiger partial charge in [0.15, 0.2) is 0 Å². The van der Waals surface area contributed by atoms with Crippen molar-refractivity contribution in [3.05, 3.63) is 181 Å². The van der Waals surface area contributed by atoms with Crippen LogP contribution in [0.25, 0.3) is 89.2 Å². The fourth-order valence-corrected chi connectivity index (χ4v) is 15.5. The first kappa shape index (κ1) is 37.0. The Labute approximate surface area is 368 Å². The predicted molar refractivity (Wildman–Crippen MR) is 263 cm³/mol. The molecule has 0 fully saturated rings. The molecule has 9 heteroatoms. The third-order valence-corrected chi connectivity index (χ3v) is 19.9. The molecule has 11 aromatic rings. The number of rotatable bonds is 9. The van der Waals surface area contributed by atoms with Crippen molar-refractivity contribution in [1.29, 1.82) is 0 Å². The lowest BCUT2D eigenvalue weighted by Gasteiger charge is -1.95. The van der Waals surface area contributed by atoms with Crippen molar-refractivity contribution in [1.82, 2.24) is 0 Å². The summed E-state index contributed by atoms with van der Waals surface area (Å²) < 4.78 is 0. The summed E-state index contributed by atoms with van der Waals surface area (Å²) in [4.78, 5) is 21.5. The van der Waals surface area contributed by atoms with Crippen molar-refractivity contribution >= 4 is 102 Å². The van der Waals surface area contributed by atoms with Crippen LogP contribution in [0.15, 0.2) is 181 Å². The standard InChI is InChI=1S/C26H16S5.C22H14S4/c1-2-5-17(6-3-1)18-8-9-21(28-18)22-12-13-25(30-22)26-15-14-24(31-26)23-11-10-20(29-23)19-7-4-16-27-19;1-2-5-15(6-3-1)16-8-9-19(24-16)20-12-13-22(26-20)21-11-10-18(25-21)17-7-4-14-23-17/h1-16H;1-14H. The first-order valence-electron chi connectivity index (χ1n) is 18.1. The number of hydrogen-bond acceptors (Lipinski definition) is 9. The van der Waals surface area contributed by atoms with E-state index in [1.54, 1.807) is 22.7 Å². The van der Waals surface area contributed by atoms with Gasteiger partial charge in [-0.3, -0.25) is 0 Å². The molecular formula is C48H30S9. The summed E-state index contributed by atoms with van der Waals surface area (Å²) in [5, 5.41) is 4.28. The van der Waals surface area contributed by atoms with Gasteiger partial charge in [0, 0.05) is 78.0 Å². The maximum atomic E-state index is 2.27. The summed E-state index contributed by atoms with van der Waals surface area (Å²) in [5.41, 5.74) is 2.58. The Morgan fingerprint density at radius 2 is 0.404 bits per heavy atom. The highest BCUT2D eigenvalue weighted by atomic mass is 32.1. The Balaban J connectivity index is 0.000000141. The van der Waals surface area contributed by atoms with Crippen LogP contribution in [0, 0.1) is 0 Å². The molecule has 9 heterocycles. The Kier molecular flexibility index (Phi) is 11.0. The van der Waals surface area contributed by atoms with Gasteiger partial charge in [-0.15, -0.1) is 102 Å². The lowest BCUT2D eigenvalue weighted by atomic mass is 10.2. The summed E-state index contributed by atoms with van der Waals surface area (Å²) in [5.74, 6) is 0. The molecule has 0 saturated carbocycles. The molecule has 0 bridgehead atoms. The van der Waals surface area contributed by atoms with Gasteiger partial charge in [0.1, 0.15) is 0 Å². The fourth-order valence-electron chi connectivity index (χ4n) is 6.31. The van der Waals surface area contributed by atoms with E-state index in [4.69, 9.17) is 0 Å². The smallest absolute Gasteiger partial charge is 0.0449 e. The normalized spacial score (nSPS) is 11.2. The van der Waals surface area contributed by atoms with Gasteiger partial charge in [-0.1, -0.05) is 72.8 Å². The van der Waals surface area contributed by atoms with E-state index in [9.17, 15) is 0 Å². The van der Waals surface area contributed by atoms with Gasteiger partial charge in [-0.2, -0.15) is 0 Å².